The molecule has 1 aliphatic rings. The Bertz CT molecular complexity index is 421. The van der Waals surface area contributed by atoms with Crippen LogP contribution in [0.3, 0.4) is 0 Å². The van der Waals surface area contributed by atoms with Gasteiger partial charge in [0.05, 0.1) is 0 Å². The SMILES string of the molecule is C/C=C(\C)C(CCc1ccccc1)C1CCCC(N)C1. The summed E-state index contributed by atoms with van der Waals surface area (Å²) in [5.74, 6) is 1.50. The Hall–Kier alpha value is -1.08. The van der Waals surface area contributed by atoms with Crippen molar-refractivity contribution < 1.29 is 0 Å². The highest BCUT2D eigenvalue weighted by molar-refractivity contribution is 5.16. The van der Waals surface area contributed by atoms with Crippen LogP contribution in [-0.4, -0.2) is 6.04 Å². The fourth-order valence-corrected chi connectivity index (χ4v) is 3.65. The van der Waals surface area contributed by atoms with Gasteiger partial charge < -0.3 is 5.73 Å². The maximum atomic E-state index is 6.19. The van der Waals surface area contributed by atoms with E-state index in [0.717, 1.165) is 5.92 Å². The van der Waals surface area contributed by atoms with Crippen molar-refractivity contribution >= 4 is 0 Å². The summed E-state index contributed by atoms with van der Waals surface area (Å²) in [7, 11) is 0. The van der Waals surface area contributed by atoms with Crippen LogP contribution < -0.4 is 5.73 Å². The Kier molecular flexibility index (Phi) is 5.85. The fraction of sp³-hybridized carbons (Fsp3) is 0.579. The predicted molar refractivity (Wildman–Crippen MR) is 87.6 cm³/mol. The average Bonchev–Trinajstić information content (AvgIpc) is 2.48. The van der Waals surface area contributed by atoms with E-state index < -0.39 is 0 Å². The minimum absolute atomic E-state index is 0.428. The second kappa shape index (κ2) is 7.64. The van der Waals surface area contributed by atoms with Crippen LogP contribution in [-0.2, 0) is 6.42 Å². The molecule has 0 amide bonds. The number of aryl methyl sites for hydroxylation is 1. The van der Waals surface area contributed by atoms with E-state index in [1.54, 1.807) is 5.57 Å². The molecule has 0 spiro atoms. The number of allylic oxidation sites excluding steroid dienone is 2. The summed E-state index contributed by atoms with van der Waals surface area (Å²) in [6.45, 7) is 4.48. The van der Waals surface area contributed by atoms with Gasteiger partial charge in [-0.2, -0.15) is 0 Å². The Balaban J connectivity index is 2.00. The second-order valence-corrected chi connectivity index (χ2v) is 6.35. The van der Waals surface area contributed by atoms with E-state index in [2.05, 4.69) is 50.3 Å². The van der Waals surface area contributed by atoms with Crippen molar-refractivity contribution in [2.24, 2.45) is 17.6 Å². The maximum absolute atomic E-state index is 6.19. The summed E-state index contributed by atoms with van der Waals surface area (Å²) in [5.41, 5.74) is 9.21. The van der Waals surface area contributed by atoms with Crippen LogP contribution in [0.5, 0.6) is 0 Å². The van der Waals surface area contributed by atoms with Gasteiger partial charge in [0, 0.05) is 6.04 Å². The molecule has 1 aliphatic carbocycles. The Labute approximate surface area is 124 Å². The molecule has 1 saturated carbocycles. The highest BCUT2D eigenvalue weighted by Gasteiger charge is 2.27. The Morgan fingerprint density at radius 2 is 2.05 bits per heavy atom. The van der Waals surface area contributed by atoms with Gasteiger partial charge in [-0.3, -0.25) is 0 Å². The molecule has 1 aromatic carbocycles. The molecule has 0 heterocycles. The molecule has 0 bridgehead atoms. The van der Waals surface area contributed by atoms with Crippen LogP contribution in [0.4, 0.5) is 0 Å². The molecule has 0 saturated heterocycles. The van der Waals surface area contributed by atoms with Crippen LogP contribution in [0.15, 0.2) is 42.0 Å². The molecule has 110 valence electrons. The lowest BCUT2D eigenvalue weighted by molar-refractivity contribution is 0.244. The first-order chi connectivity index (χ1) is 9.70. The molecule has 3 unspecified atom stereocenters. The third-order valence-corrected chi connectivity index (χ3v) is 4.95. The zero-order chi connectivity index (χ0) is 14.4. The highest BCUT2D eigenvalue weighted by Crippen LogP contribution is 2.36. The fourth-order valence-electron chi connectivity index (χ4n) is 3.65. The standard InChI is InChI=1S/C19H29N/c1-3-15(2)19(17-10-7-11-18(20)14-17)13-12-16-8-5-4-6-9-16/h3-6,8-9,17-19H,7,10-14,20H2,1-2H3/b15-3+. The van der Waals surface area contributed by atoms with E-state index >= 15 is 0 Å². The smallest absolute Gasteiger partial charge is 0.00416 e. The lowest BCUT2D eigenvalue weighted by atomic mass is 9.73. The van der Waals surface area contributed by atoms with Gasteiger partial charge in [-0.1, -0.05) is 48.4 Å². The van der Waals surface area contributed by atoms with Crippen molar-refractivity contribution in [3.63, 3.8) is 0 Å². The molecule has 0 radical (unpaired) electrons. The number of benzene rings is 1. The van der Waals surface area contributed by atoms with E-state index in [-0.39, 0.29) is 0 Å². The van der Waals surface area contributed by atoms with Crippen molar-refractivity contribution in [2.45, 2.75) is 58.4 Å². The lowest BCUT2D eigenvalue weighted by Crippen LogP contribution is -2.32. The van der Waals surface area contributed by atoms with E-state index in [1.807, 2.05) is 0 Å². The second-order valence-electron chi connectivity index (χ2n) is 6.35. The number of rotatable bonds is 5. The summed E-state index contributed by atoms with van der Waals surface area (Å²) in [5, 5.41) is 0. The lowest BCUT2D eigenvalue weighted by Gasteiger charge is -2.34. The van der Waals surface area contributed by atoms with Crippen LogP contribution in [0.25, 0.3) is 0 Å². The Morgan fingerprint density at radius 1 is 1.30 bits per heavy atom. The molecule has 1 fully saturated rings. The summed E-state index contributed by atoms with van der Waals surface area (Å²) >= 11 is 0. The molecule has 0 aromatic heterocycles. The van der Waals surface area contributed by atoms with Gasteiger partial charge in [-0.05, 0) is 63.4 Å². The quantitative estimate of drug-likeness (QED) is 0.770. The van der Waals surface area contributed by atoms with Crippen LogP contribution in [0.1, 0.15) is 51.5 Å². The van der Waals surface area contributed by atoms with E-state index in [9.17, 15) is 0 Å². The summed E-state index contributed by atoms with van der Waals surface area (Å²) in [6.07, 6.45) is 9.85. The normalized spacial score (nSPS) is 25.4. The minimum atomic E-state index is 0.428. The molecule has 0 aliphatic heterocycles. The Morgan fingerprint density at radius 3 is 2.70 bits per heavy atom. The highest BCUT2D eigenvalue weighted by atomic mass is 14.6. The number of nitrogens with two attached hydrogens (primary N) is 1. The van der Waals surface area contributed by atoms with Crippen LogP contribution in [0, 0.1) is 11.8 Å². The first-order valence-electron chi connectivity index (χ1n) is 8.13. The van der Waals surface area contributed by atoms with E-state index in [0.29, 0.717) is 12.0 Å². The molecular formula is C19H29N. The van der Waals surface area contributed by atoms with Crippen LogP contribution >= 0.6 is 0 Å². The molecule has 1 heteroatoms. The maximum Gasteiger partial charge on any atom is 0.00416 e. The molecule has 2 N–H and O–H groups in total. The summed E-state index contributed by atoms with van der Waals surface area (Å²) < 4.78 is 0. The van der Waals surface area contributed by atoms with Gasteiger partial charge in [-0.25, -0.2) is 0 Å². The van der Waals surface area contributed by atoms with Gasteiger partial charge in [0.2, 0.25) is 0 Å². The van der Waals surface area contributed by atoms with Gasteiger partial charge in [0.15, 0.2) is 0 Å². The first-order valence-corrected chi connectivity index (χ1v) is 8.13. The molecule has 20 heavy (non-hydrogen) atoms. The third-order valence-electron chi connectivity index (χ3n) is 4.95. The van der Waals surface area contributed by atoms with Gasteiger partial charge in [-0.15, -0.1) is 0 Å². The zero-order valence-electron chi connectivity index (χ0n) is 13.0. The predicted octanol–water partition coefficient (Wildman–Crippen LogP) is 4.72. The zero-order valence-corrected chi connectivity index (χ0v) is 13.0. The third kappa shape index (κ3) is 4.21. The number of hydrogen-bond acceptors (Lipinski definition) is 1. The molecule has 2 rings (SSSR count). The van der Waals surface area contributed by atoms with E-state index in [1.165, 1.54) is 44.1 Å². The van der Waals surface area contributed by atoms with Crippen LogP contribution in [0.2, 0.25) is 0 Å². The van der Waals surface area contributed by atoms with Crippen molar-refractivity contribution in [3.8, 4) is 0 Å². The first kappa shape index (κ1) is 15.3. The van der Waals surface area contributed by atoms with Crippen molar-refractivity contribution in [2.75, 3.05) is 0 Å². The molecular weight excluding hydrogens is 242 g/mol. The van der Waals surface area contributed by atoms with Gasteiger partial charge >= 0.3 is 0 Å². The average molecular weight is 271 g/mol. The summed E-state index contributed by atoms with van der Waals surface area (Å²) in [4.78, 5) is 0. The van der Waals surface area contributed by atoms with Gasteiger partial charge in [0.25, 0.3) is 0 Å². The summed E-state index contributed by atoms with van der Waals surface area (Å²) in [6, 6.07) is 11.3. The molecule has 3 atom stereocenters. The van der Waals surface area contributed by atoms with E-state index in [4.69, 9.17) is 5.73 Å². The topological polar surface area (TPSA) is 26.0 Å². The van der Waals surface area contributed by atoms with Crippen molar-refractivity contribution in [3.05, 3.63) is 47.5 Å². The molecule has 1 nitrogen and oxygen atoms in total. The van der Waals surface area contributed by atoms with Gasteiger partial charge in [0.1, 0.15) is 0 Å². The number of hydrogen-bond donors (Lipinski definition) is 1. The monoisotopic (exact) mass is 271 g/mol. The molecule has 1 aromatic rings. The van der Waals surface area contributed by atoms with Crippen molar-refractivity contribution in [1.82, 2.24) is 0 Å². The minimum Gasteiger partial charge on any atom is -0.328 e. The largest absolute Gasteiger partial charge is 0.328 e. The van der Waals surface area contributed by atoms with Crippen molar-refractivity contribution in [1.29, 1.82) is 0 Å².